The van der Waals surface area contributed by atoms with Crippen molar-refractivity contribution in [3.8, 4) is 0 Å². The highest BCUT2D eigenvalue weighted by Gasteiger charge is 2.59. The van der Waals surface area contributed by atoms with Gasteiger partial charge in [-0.2, -0.15) is 0 Å². The van der Waals surface area contributed by atoms with Crippen LogP contribution in [-0.4, -0.2) is 30.8 Å². The highest BCUT2D eigenvalue weighted by atomic mass is 35.5. The van der Waals surface area contributed by atoms with Gasteiger partial charge in [0.05, 0.1) is 12.7 Å². The van der Waals surface area contributed by atoms with Crippen molar-refractivity contribution in [1.82, 2.24) is 0 Å². The molecule has 0 radical (unpaired) electrons. The Balaban J connectivity index is 0.000000980. The van der Waals surface area contributed by atoms with Gasteiger partial charge >= 0.3 is 5.97 Å². The minimum Gasteiger partial charge on any atom is -0.467 e. The first-order valence-corrected chi connectivity index (χ1v) is 4.65. The highest BCUT2D eigenvalue weighted by molar-refractivity contribution is 5.85. The molecule has 2 fully saturated rings. The zero-order valence-corrected chi connectivity index (χ0v) is 9.06. The number of hydrogen-bond acceptors (Lipinski definition) is 4. The molecule has 4 nitrogen and oxygen atoms in total. The van der Waals surface area contributed by atoms with Gasteiger partial charge in [-0.05, 0) is 25.7 Å². The van der Waals surface area contributed by atoms with Crippen molar-refractivity contribution in [2.75, 3.05) is 13.7 Å². The van der Waals surface area contributed by atoms with Gasteiger partial charge in [0.15, 0.2) is 5.60 Å². The summed E-state index contributed by atoms with van der Waals surface area (Å²) < 4.78 is 10.5. The van der Waals surface area contributed by atoms with E-state index in [9.17, 15) is 4.79 Å². The van der Waals surface area contributed by atoms with Gasteiger partial charge in [0.1, 0.15) is 0 Å². The number of halogens is 1. The summed E-state index contributed by atoms with van der Waals surface area (Å²) in [5.41, 5.74) is 4.74. The largest absolute Gasteiger partial charge is 0.467 e. The van der Waals surface area contributed by atoms with E-state index in [4.69, 9.17) is 15.2 Å². The van der Waals surface area contributed by atoms with Gasteiger partial charge in [-0.1, -0.05) is 0 Å². The second kappa shape index (κ2) is 3.68. The molecule has 0 aliphatic carbocycles. The van der Waals surface area contributed by atoms with Crippen LogP contribution in [0.4, 0.5) is 0 Å². The number of fused-ring (bicyclic) bond motifs is 2. The van der Waals surface area contributed by atoms with Crippen molar-refractivity contribution < 1.29 is 14.3 Å². The first-order valence-electron chi connectivity index (χ1n) is 4.65. The summed E-state index contributed by atoms with van der Waals surface area (Å²) in [6.45, 7) is 0.506. The van der Waals surface area contributed by atoms with Crippen LogP contribution in [0.25, 0.3) is 0 Å². The van der Waals surface area contributed by atoms with Crippen molar-refractivity contribution in [3.05, 3.63) is 0 Å². The average Bonchev–Trinajstić information content (AvgIpc) is 2.74. The molecule has 14 heavy (non-hydrogen) atoms. The van der Waals surface area contributed by atoms with Crippen LogP contribution in [0.15, 0.2) is 0 Å². The smallest absolute Gasteiger partial charge is 0.338 e. The minimum atomic E-state index is -0.659. The van der Waals surface area contributed by atoms with E-state index >= 15 is 0 Å². The van der Waals surface area contributed by atoms with Crippen LogP contribution in [0, 0.1) is 0 Å². The van der Waals surface area contributed by atoms with Gasteiger partial charge < -0.3 is 15.2 Å². The van der Waals surface area contributed by atoms with Gasteiger partial charge in [-0.15, -0.1) is 12.4 Å². The second-order valence-corrected chi connectivity index (χ2v) is 3.98. The Morgan fingerprint density at radius 2 is 2.00 bits per heavy atom. The van der Waals surface area contributed by atoms with Crippen LogP contribution in [0.5, 0.6) is 0 Å². The Morgan fingerprint density at radius 3 is 2.36 bits per heavy atom. The fourth-order valence-corrected chi connectivity index (χ4v) is 2.41. The van der Waals surface area contributed by atoms with E-state index in [-0.39, 0.29) is 24.0 Å². The lowest BCUT2D eigenvalue weighted by Gasteiger charge is -2.21. The molecule has 0 aromatic carbocycles. The molecule has 2 aliphatic heterocycles. The number of nitrogens with two attached hydrogens (primary N) is 1. The van der Waals surface area contributed by atoms with Crippen LogP contribution in [0.1, 0.15) is 25.7 Å². The molecule has 0 amide bonds. The van der Waals surface area contributed by atoms with Crippen LogP contribution in [0.3, 0.4) is 0 Å². The molecule has 2 saturated heterocycles. The molecule has 0 aromatic rings. The molecule has 0 aromatic heterocycles. The molecule has 82 valence electrons. The van der Waals surface area contributed by atoms with Gasteiger partial charge in [-0.25, -0.2) is 4.79 Å². The van der Waals surface area contributed by atoms with Crippen LogP contribution < -0.4 is 5.73 Å². The Bertz CT molecular complexity index is 236. The quantitative estimate of drug-likeness (QED) is 0.695. The van der Waals surface area contributed by atoms with Crippen molar-refractivity contribution in [2.24, 2.45) is 5.73 Å². The summed E-state index contributed by atoms with van der Waals surface area (Å²) in [4.78, 5) is 11.5. The zero-order chi connectivity index (χ0) is 9.53. The SMILES string of the molecule is COC(=O)C12CCC(CN)(CC1)O2.Cl. The Kier molecular flexibility index (Phi) is 3.09. The molecule has 0 atom stereocenters. The topological polar surface area (TPSA) is 61.5 Å². The number of methoxy groups -OCH3 is 1. The summed E-state index contributed by atoms with van der Waals surface area (Å²) in [5, 5.41) is 0. The lowest BCUT2D eigenvalue weighted by atomic mass is 9.82. The molecule has 2 aliphatic rings. The van der Waals surface area contributed by atoms with E-state index in [1.54, 1.807) is 0 Å². The molecule has 2 heterocycles. The van der Waals surface area contributed by atoms with Crippen molar-refractivity contribution >= 4 is 18.4 Å². The highest BCUT2D eigenvalue weighted by Crippen LogP contribution is 2.50. The third kappa shape index (κ3) is 1.42. The maximum absolute atomic E-state index is 11.5. The fourth-order valence-electron chi connectivity index (χ4n) is 2.41. The number of carbonyl (C=O) groups excluding carboxylic acids is 1. The predicted octanol–water partition coefficient (Wildman–Crippen LogP) is 0.622. The first-order chi connectivity index (χ1) is 6.16. The fraction of sp³-hybridized carbons (Fsp3) is 0.889. The molecule has 0 spiro atoms. The number of rotatable bonds is 2. The lowest BCUT2D eigenvalue weighted by Crippen LogP contribution is -2.37. The summed E-state index contributed by atoms with van der Waals surface area (Å²) in [5.74, 6) is -0.236. The van der Waals surface area contributed by atoms with Crippen molar-refractivity contribution in [2.45, 2.75) is 36.9 Å². The lowest BCUT2D eigenvalue weighted by molar-refractivity contribution is -0.165. The standard InChI is InChI=1S/C9H15NO3.ClH/c1-12-7(11)9-4-2-8(6-10,13-9)3-5-9;/h2-6,10H2,1H3;1H. The number of esters is 1. The first kappa shape index (κ1) is 11.8. The minimum absolute atomic E-state index is 0. The average molecular weight is 222 g/mol. The van der Waals surface area contributed by atoms with E-state index in [2.05, 4.69) is 0 Å². The zero-order valence-electron chi connectivity index (χ0n) is 8.25. The number of hydrogen-bond donors (Lipinski definition) is 1. The maximum atomic E-state index is 11.5. The molecule has 2 bridgehead atoms. The van der Waals surface area contributed by atoms with Gasteiger partial charge in [0, 0.05) is 6.54 Å². The van der Waals surface area contributed by atoms with E-state index in [1.807, 2.05) is 0 Å². The van der Waals surface area contributed by atoms with E-state index in [0.29, 0.717) is 6.54 Å². The molecule has 5 heteroatoms. The van der Waals surface area contributed by atoms with Crippen LogP contribution in [-0.2, 0) is 14.3 Å². The Morgan fingerprint density at radius 1 is 1.43 bits per heavy atom. The van der Waals surface area contributed by atoms with Crippen molar-refractivity contribution in [3.63, 3.8) is 0 Å². The molecule has 2 N–H and O–H groups in total. The number of ether oxygens (including phenoxy) is 2. The van der Waals surface area contributed by atoms with E-state index in [0.717, 1.165) is 25.7 Å². The second-order valence-electron chi connectivity index (χ2n) is 3.98. The predicted molar refractivity (Wildman–Crippen MR) is 53.3 cm³/mol. The summed E-state index contributed by atoms with van der Waals surface area (Å²) in [7, 11) is 1.40. The molecule has 0 unspecified atom stereocenters. The Labute approximate surface area is 89.5 Å². The van der Waals surface area contributed by atoms with Gasteiger partial charge in [0.2, 0.25) is 0 Å². The third-order valence-electron chi connectivity index (χ3n) is 3.31. The third-order valence-corrected chi connectivity index (χ3v) is 3.31. The molecule has 2 rings (SSSR count). The Hall–Kier alpha value is -0.320. The van der Waals surface area contributed by atoms with Crippen LogP contribution >= 0.6 is 12.4 Å². The normalized spacial score (nSPS) is 39.3. The monoisotopic (exact) mass is 221 g/mol. The van der Waals surface area contributed by atoms with Gasteiger partial charge in [-0.3, -0.25) is 0 Å². The molecular weight excluding hydrogens is 206 g/mol. The number of carbonyl (C=O) groups is 1. The van der Waals surface area contributed by atoms with Crippen LogP contribution in [0.2, 0.25) is 0 Å². The summed E-state index contributed by atoms with van der Waals surface area (Å²) >= 11 is 0. The van der Waals surface area contributed by atoms with Crippen molar-refractivity contribution in [1.29, 1.82) is 0 Å². The summed E-state index contributed by atoms with van der Waals surface area (Å²) in [6.07, 6.45) is 3.30. The van der Waals surface area contributed by atoms with Gasteiger partial charge in [0.25, 0.3) is 0 Å². The van der Waals surface area contributed by atoms with E-state index in [1.165, 1.54) is 7.11 Å². The maximum Gasteiger partial charge on any atom is 0.338 e. The molecule has 0 saturated carbocycles. The molecular formula is C9H16ClNO3. The summed E-state index contributed by atoms with van der Waals surface area (Å²) in [6, 6.07) is 0. The van der Waals surface area contributed by atoms with E-state index < -0.39 is 5.60 Å².